The van der Waals surface area contributed by atoms with E-state index in [-0.39, 0.29) is 0 Å². The molecular weight excluding hydrogens is 288 g/mol. The number of hydrogen-bond donors (Lipinski definition) is 0. The van der Waals surface area contributed by atoms with E-state index in [1.165, 1.54) is 11.8 Å². The predicted molar refractivity (Wildman–Crippen MR) is 66.9 cm³/mol. The Morgan fingerprint density at radius 3 is 2.94 bits per heavy atom. The summed E-state index contributed by atoms with van der Waals surface area (Å²) in [5.41, 5.74) is 0.677. The van der Waals surface area contributed by atoms with Crippen molar-refractivity contribution in [2.24, 2.45) is 7.05 Å². The van der Waals surface area contributed by atoms with Gasteiger partial charge >= 0.3 is 0 Å². The first-order valence-corrected chi connectivity index (χ1v) is 6.21. The Kier molecular flexibility index (Phi) is 3.46. The van der Waals surface area contributed by atoms with Gasteiger partial charge < -0.3 is 4.57 Å². The molecule has 0 saturated heterocycles. The number of aryl methyl sites for hydroxylation is 1. The van der Waals surface area contributed by atoms with Gasteiger partial charge in [0.15, 0.2) is 11.4 Å². The molecule has 0 unspecified atom stereocenters. The van der Waals surface area contributed by atoms with Gasteiger partial charge in [-0.3, -0.25) is 4.79 Å². The van der Waals surface area contributed by atoms with Crippen LogP contribution in [0.4, 0.5) is 0 Å². The van der Waals surface area contributed by atoms with Crippen molar-refractivity contribution in [3.05, 3.63) is 40.6 Å². The van der Waals surface area contributed by atoms with E-state index >= 15 is 0 Å². The second-order valence-electron chi connectivity index (χ2n) is 3.22. The quantitative estimate of drug-likeness (QED) is 0.816. The summed E-state index contributed by atoms with van der Waals surface area (Å²) < 4.78 is 2.87. The molecule has 82 valence electrons. The lowest BCUT2D eigenvalue weighted by molar-refractivity contribution is 0.112. The second-order valence-corrected chi connectivity index (χ2v) is 5.15. The molecule has 3 nitrogen and oxygen atoms in total. The minimum Gasteiger partial charge on any atom is -0.329 e. The zero-order chi connectivity index (χ0) is 11.5. The Morgan fingerprint density at radius 1 is 1.50 bits per heavy atom. The van der Waals surface area contributed by atoms with Gasteiger partial charge in [0.2, 0.25) is 0 Å². The maximum absolute atomic E-state index is 10.9. The summed E-state index contributed by atoms with van der Waals surface area (Å²) in [6, 6.07) is 5.57. The van der Waals surface area contributed by atoms with Crippen molar-refractivity contribution in [1.82, 2.24) is 9.55 Å². The van der Waals surface area contributed by atoms with Crippen molar-refractivity contribution in [1.29, 1.82) is 0 Å². The summed E-state index contributed by atoms with van der Waals surface area (Å²) >= 11 is 4.87. The largest absolute Gasteiger partial charge is 0.329 e. The second kappa shape index (κ2) is 4.84. The molecule has 5 heteroatoms. The Balaban J connectivity index is 2.37. The highest BCUT2D eigenvalue weighted by atomic mass is 79.9. The van der Waals surface area contributed by atoms with Gasteiger partial charge in [-0.1, -0.05) is 27.7 Å². The number of imidazole rings is 1. The summed E-state index contributed by atoms with van der Waals surface area (Å²) in [4.78, 5) is 16.0. The SMILES string of the molecule is Cn1ccnc1Sc1cc(Br)ccc1C=O. The van der Waals surface area contributed by atoms with E-state index in [0.29, 0.717) is 5.56 Å². The number of benzene rings is 1. The molecular formula is C11H9BrN2OS. The lowest BCUT2D eigenvalue weighted by Crippen LogP contribution is -1.91. The van der Waals surface area contributed by atoms with Crippen LogP contribution in [0.2, 0.25) is 0 Å². The average molecular weight is 297 g/mol. The van der Waals surface area contributed by atoms with Crippen LogP contribution in [0, 0.1) is 0 Å². The lowest BCUT2D eigenvalue weighted by atomic mass is 10.2. The molecule has 0 aliphatic rings. The summed E-state index contributed by atoms with van der Waals surface area (Å²) in [6.45, 7) is 0. The third kappa shape index (κ3) is 2.36. The van der Waals surface area contributed by atoms with E-state index < -0.39 is 0 Å². The molecule has 2 rings (SSSR count). The highest BCUT2D eigenvalue weighted by molar-refractivity contribution is 9.10. The topological polar surface area (TPSA) is 34.9 Å². The van der Waals surface area contributed by atoms with Crippen LogP contribution in [0.1, 0.15) is 10.4 Å². The number of rotatable bonds is 3. The van der Waals surface area contributed by atoms with Crippen LogP contribution in [-0.2, 0) is 7.05 Å². The molecule has 0 fully saturated rings. The van der Waals surface area contributed by atoms with E-state index in [9.17, 15) is 4.79 Å². The van der Waals surface area contributed by atoms with Gasteiger partial charge in [0.25, 0.3) is 0 Å². The smallest absolute Gasteiger partial charge is 0.172 e. The van der Waals surface area contributed by atoms with E-state index in [0.717, 1.165) is 20.8 Å². The van der Waals surface area contributed by atoms with Crippen molar-refractivity contribution >= 4 is 34.0 Å². The standard InChI is InChI=1S/C11H9BrN2OS/c1-14-5-4-13-11(14)16-10-6-9(12)3-2-8(10)7-15/h2-7H,1H3. The molecule has 1 heterocycles. The van der Waals surface area contributed by atoms with Gasteiger partial charge in [-0.25, -0.2) is 4.98 Å². The van der Waals surface area contributed by atoms with Gasteiger partial charge in [-0.05, 0) is 18.2 Å². The normalized spacial score (nSPS) is 10.4. The van der Waals surface area contributed by atoms with Crippen molar-refractivity contribution < 1.29 is 4.79 Å². The van der Waals surface area contributed by atoms with Crippen LogP contribution in [0.5, 0.6) is 0 Å². The first kappa shape index (κ1) is 11.4. The molecule has 0 spiro atoms. The number of aromatic nitrogens is 2. The molecule has 0 atom stereocenters. The molecule has 2 aromatic rings. The van der Waals surface area contributed by atoms with E-state index in [1.807, 2.05) is 29.9 Å². The number of halogens is 1. The van der Waals surface area contributed by atoms with Crippen LogP contribution in [0.3, 0.4) is 0 Å². The number of nitrogens with zero attached hydrogens (tertiary/aromatic N) is 2. The Bertz CT molecular complexity index is 524. The molecule has 1 aromatic heterocycles. The molecule has 1 aromatic carbocycles. The first-order chi connectivity index (χ1) is 7.70. The van der Waals surface area contributed by atoms with E-state index in [4.69, 9.17) is 0 Å². The zero-order valence-corrected chi connectivity index (χ0v) is 11.0. The molecule has 0 N–H and O–H groups in total. The van der Waals surface area contributed by atoms with Crippen LogP contribution in [-0.4, -0.2) is 15.8 Å². The maximum Gasteiger partial charge on any atom is 0.172 e. The molecule has 0 amide bonds. The predicted octanol–water partition coefficient (Wildman–Crippen LogP) is 3.15. The fourth-order valence-corrected chi connectivity index (χ4v) is 2.69. The molecule has 0 bridgehead atoms. The van der Waals surface area contributed by atoms with Gasteiger partial charge in [0, 0.05) is 34.4 Å². The van der Waals surface area contributed by atoms with Crippen molar-refractivity contribution in [2.45, 2.75) is 10.1 Å². The third-order valence-electron chi connectivity index (χ3n) is 2.08. The van der Waals surface area contributed by atoms with Crippen LogP contribution in [0.15, 0.2) is 45.1 Å². The minimum atomic E-state index is 0.677. The van der Waals surface area contributed by atoms with Crippen molar-refractivity contribution in [3.8, 4) is 0 Å². The maximum atomic E-state index is 10.9. The Labute approximate surface area is 106 Å². The highest BCUT2D eigenvalue weighted by Gasteiger charge is 2.07. The first-order valence-electron chi connectivity index (χ1n) is 4.60. The average Bonchev–Trinajstić information content (AvgIpc) is 2.65. The van der Waals surface area contributed by atoms with Crippen LogP contribution < -0.4 is 0 Å². The van der Waals surface area contributed by atoms with Crippen molar-refractivity contribution in [2.75, 3.05) is 0 Å². The van der Waals surface area contributed by atoms with Crippen molar-refractivity contribution in [3.63, 3.8) is 0 Å². The molecule has 0 radical (unpaired) electrons. The molecule has 0 aliphatic heterocycles. The zero-order valence-electron chi connectivity index (χ0n) is 8.55. The Hall–Kier alpha value is -1.07. The fraction of sp³-hybridized carbons (Fsp3) is 0.0909. The van der Waals surface area contributed by atoms with Gasteiger partial charge in [0.1, 0.15) is 0 Å². The Morgan fingerprint density at radius 2 is 2.31 bits per heavy atom. The van der Waals surface area contributed by atoms with E-state index in [1.54, 1.807) is 12.3 Å². The number of hydrogen-bond acceptors (Lipinski definition) is 3. The number of carbonyl (C=O) groups excluding carboxylic acids is 1. The monoisotopic (exact) mass is 296 g/mol. The summed E-state index contributed by atoms with van der Waals surface area (Å²) in [7, 11) is 1.92. The summed E-state index contributed by atoms with van der Waals surface area (Å²) in [6.07, 6.45) is 4.47. The number of carbonyl (C=O) groups is 1. The van der Waals surface area contributed by atoms with Crippen LogP contribution >= 0.6 is 27.7 Å². The number of aldehydes is 1. The third-order valence-corrected chi connectivity index (χ3v) is 3.72. The summed E-state index contributed by atoms with van der Waals surface area (Å²) in [5, 5.41) is 0.862. The van der Waals surface area contributed by atoms with Crippen LogP contribution in [0.25, 0.3) is 0 Å². The van der Waals surface area contributed by atoms with Gasteiger partial charge in [0.05, 0.1) is 0 Å². The molecule has 0 saturated carbocycles. The lowest BCUT2D eigenvalue weighted by Gasteiger charge is -2.04. The van der Waals surface area contributed by atoms with Gasteiger partial charge in [-0.2, -0.15) is 0 Å². The highest BCUT2D eigenvalue weighted by Crippen LogP contribution is 2.30. The minimum absolute atomic E-state index is 0.677. The van der Waals surface area contributed by atoms with E-state index in [2.05, 4.69) is 20.9 Å². The molecule has 16 heavy (non-hydrogen) atoms. The summed E-state index contributed by atoms with van der Waals surface area (Å²) in [5.74, 6) is 0. The van der Waals surface area contributed by atoms with Gasteiger partial charge in [-0.15, -0.1) is 0 Å². The fourth-order valence-electron chi connectivity index (χ4n) is 1.24. The molecule has 0 aliphatic carbocycles.